The summed E-state index contributed by atoms with van der Waals surface area (Å²) in [5.74, 6) is -0.0296. The molecule has 0 radical (unpaired) electrons. The zero-order valence-corrected chi connectivity index (χ0v) is 17.2. The van der Waals surface area contributed by atoms with Crippen LogP contribution in [0.2, 0.25) is 5.02 Å². The molecule has 0 N–H and O–H groups in total. The number of amides is 1. The van der Waals surface area contributed by atoms with Gasteiger partial charge in [-0.15, -0.1) is 0 Å². The highest BCUT2D eigenvalue weighted by Crippen LogP contribution is 2.21. The summed E-state index contributed by atoms with van der Waals surface area (Å²) in [4.78, 5) is 21.4. The van der Waals surface area contributed by atoms with E-state index < -0.39 is 0 Å². The van der Waals surface area contributed by atoms with Crippen molar-refractivity contribution in [2.45, 2.75) is 0 Å². The second-order valence-electron chi connectivity index (χ2n) is 7.59. The van der Waals surface area contributed by atoms with E-state index in [1.807, 2.05) is 23.1 Å². The van der Waals surface area contributed by atoms with Crippen molar-refractivity contribution in [3.8, 4) is 0 Å². The van der Waals surface area contributed by atoms with Gasteiger partial charge in [0, 0.05) is 68.8 Å². The Labute approximate surface area is 176 Å². The Morgan fingerprint density at radius 3 is 2.10 bits per heavy atom. The fraction of sp³-hybridized carbons (Fsp3) is 0.409. The molecule has 0 bridgehead atoms. The van der Waals surface area contributed by atoms with Crippen molar-refractivity contribution in [2.24, 2.45) is 0 Å². The first-order chi connectivity index (χ1) is 14.1. The van der Waals surface area contributed by atoms with Crippen molar-refractivity contribution in [3.63, 3.8) is 0 Å². The van der Waals surface area contributed by atoms with Crippen molar-refractivity contribution in [3.05, 3.63) is 59.4 Å². The largest absolute Gasteiger partial charge is 0.369 e. The van der Waals surface area contributed by atoms with Crippen molar-refractivity contribution in [1.82, 2.24) is 9.80 Å². The van der Waals surface area contributed by atoms with E-state index in [1.54, 1.807) is 12.1 Å². The molecule has 2 aromatic carbocycles. The maximum Gasteiger partial charge on any atom is 0.236 e. The summed E-state index contributed by atoms with van der Waals surface area (Å²) in [5, 5.41) is 0.750. The second kappa shape index (κ2) is 9.01. The molecule has 0 atom stereocenters. The molecule has 7 heteroatoms. The standard InChI is InChI=1S/C22H26ClFN4O/c23-18-2-1-3-21(16-18)27-10-8-25(9-11-27)17-22(29)28-14-12-26(13-15-28)20-6-4-19(24)5-7-20/h1-7,16H,8-15,17H2. The van der Waals surface area contributed by atoms with Crippen LogP contribution in [0.1, 0.15) is 0 Å². The monoisotopic (exact) mass is 416 g/mol. The molecule has 5 nitrogen and oxygen atoms in total. The SMILES string of the molecule is O=C(CN1CCN(c2cccc(Cl)c2)CC1)N1CCN(c2ccc(F)cc2)CC1. The molecular formula is C22H26ClFN4O. The van der Waals surface area contributed by atoms with E-state index in [1.165, 1.54) is 12.1 Å². The Bertz CT molecular complexity index is 831. The first kappa shape index (κ1) is 20.0. The summed E-state index contributed by atoms with van der Waals surface area (Å²) in [6.45, 7) is 6.97. The Hall–Kier alpha value is -2.31. The van der Waals surface area contributed by atoms with Crippen LogP contribution in [0.5, 0.6) is 0 Å². The van der Waals surface area contributed by atoms with Crippen molar-refractivity contribution in [1.29, 1.82) is 0 Å². The van der Waals surface area contributed by atoms with Gasteiger partial charge in [-0.1, -0.05) is 17.7 Å². The van der Waals surface area contributed by atoms with E-state index >= 15 is 0 Å². The lowest BCUT2D eigenvalue weighted by molar-refractivity contribution is -0.132. The average Bonchev–Trinajstić information content (AvgIpc) is 2.75. The zero-order chi connectivity index (χ0) is 20.2. The first-order valence-corrected chi connectivity index (χ1v) is 10.5. The lowest BCUT2D eigenvalue weighted by Gasteiger charge is -2.39. The molecule has 2 saturated heterocycles. The van der Waals surface area contributed by atoms with E-state index in [0.717, 1.165) is 55.7 Å². The lowest BCUT2D eigenvalue weighted by Crippen LogP contribution is -2.54. The van der Waals surface area contributed by atoms with E-state index in [2.05, 4.69) is 20.8 Å². The van der Waals surface area contributed by atoms with Crippen LogP contribution in [0.15, 0.2) is 48.5 Å². The lowest BCUT2D eigenvalue weighted by atomic mass is 10.2. The highest BCUT2D eigenvalue weighted by Gasteiger charge is 2.25. The van der Waals surface area contributed by atoms with Gasteiger partial charge >= 0.3 is 0 Å². The summed E-state index contributed by atoms with van der Waals surface area (Å²) in [6.07, 6.45) is 0. The van der Waals surface area contributed by atoms with Crippen LogP contribution in [0.3, 0.4) is 0 Å². The molecule has 0 unspecified atom stereocenters. The number of carbonyl (C=O) groups excluding carboxylic acids is 1. The van der Waals surface area contributed by atoms with E-state index in [9.17, 15) is 9.18 Å². The van der Waals surface area contributed by atoms with Gasteiger partial charge in [0.1, 0.15) is 5.82 Å². The molecule has 2 aromatic rings. The fourth-order valence-electron chi connectivity index (χ4n) is 3.99. The topological polar surface area (TPSA) is 30.0 Å². The number of halogens is 2. The van der Waals surface area contributed by atoms with Gasteiger partial charge in [-0.3, -0.25) is 9.69 Å². The minimum atomic E-state index is -0.224. The molecule has 1 amide bonds. The fourth-order valence-corrected chi connectivity index (χ4v) is 4.18. The minimum Gasteiger partial charge on any atom is -0.369 e. The van der Waals surface area contributed by atoms with Gasteiger partial charge in [0.05, 0.1) is 6.54 Å². The quantitative estimate of drug-likeness (QED) is 0.766. The zero-order valence-electron chi connectivity index (χ0n) is 16.4. The maximum atomic E-state index is 13.1. The summed E-state index contributed by atoms with van der Waals surface area (Å²) >= 11 is 6.10. The third kappa shape index (κ3) is 5.00. The molecule has 2 heterocycles. The second-order valence-corrected chi connectivity index (χ2v) is 8.02. The molecule has 2 aliphatic heterocycles. The molecule has 0 spiro atoms. The molecule has 0 aliphatic carbocycles. The van der Waals surface area contributed by atoms with Gasteiger partial charge in [-0.2, -0.15) is 0 Å². The number of rotatable bonds is 4. The summed E-state index contributed by atoms with van der Waals surface area (Å²) in [7, 11) is 0. The Kier molecular flexibility index (Phi) is 6.21. The minimum absolute atomic E-state index is 0.194. The number of hydrogen-bond acceptors (Lipinski definition) is 4. The van der Waals surface area contributed by atoms with E-state index in [0.29, 0.717) is 19.6 Å². The normalized spacial score (nSPS) is 18.2. The van der Waals surface area contributed by atoms with Crippen molar-refractivity contribution < 1.29 is 9.18 Å². The van der Waals surface area contributed by atoms with Crippen LogP contribution in [0.25, 0.3) is 0 Å². The molecule has 2 aliphatic rings. The van der Waals surface area contributed by atoms with Crippen LogP contribution >= 0.6 is 11.6 Å². The molecule has 2 fully saturated rings. The summed E-state index contributed by atoms with van der Waals surface area (Å²) < 4.78 is 13.1. The van der Waals surface area contributed by atoms with Crippen LogP contribution < -0.4 is 9.80 Å². The Balaban J connectivity index is 1.23. The summed E-state index contributed by atoms with van der Waals surface area (Å²) in [6, 6.07) is 14.5. The predicted molar refractivity (Wildman–Crippen MR) is 115 cm³/mol. The van der Waals surface area contributed by atoms with Gasteiger partial charge in [0.25, 0.3) is 0 Å². The third-order valence-corrected chi connectivity index (χ3v) is 5.96. The van der Waals surface area contributed by atoms with Crippen LogP contribution in [-0.2, 0) is 4.79 Å². The van der Waals surface area contributed by atoms with Gasteiger partial charge in [-0.05, 0) is 42.5 Å². The Morgan fingerprint density at radius 1 is 0.828 bits per heavy atom. The highest BCUT2D eigenvalue weighted by molar-refractivity contribution is 6.30. The van der Waals surface area contributed by atoms with E-state index in [4.69, 9.17) is 11.6 Å². The van der Waals surface area contributed by atoms with Crippen LogP contribution in [-0.4, -0.2) is 74.6 Å². The van der Waals surface area contributed by atoms with Gasteiger partial charge in [-0.25, -0.2) is 4.39 Å². The van der Waals surface area contributed by atoms with Gasteiger partial charge < -0.3 is 14.7 Å². The third-order valence-electron chi connectivity index (χ3n) is 5.73. The number of hydrogen-bond donors (Lipinski definition) is 0. The first-order valence-electron chi connectivity index (χ1n) is 10.1. The number of carbonyl (C=O) groups is 1. The van der Waals surface area contributed by atoms with Crippen LogP contribution in [0, 0.1) is 5.82 Å². The molecule has 0 aromatic heterocycles. The predicted octanol–water partition coefficient (Wildman–Crippen LogP) is 2.95. The summed E-state index contributed by atoms with van der Waals surface area (Å²) in [5.41, 5.74) is 2.15. The van der Waals surface area contributed by atoms with Gasteiger partial charge in [0.2, 0.25) is 5.91 Å². The van der Waals surface area contributed by atoms with Crippen molar-refractivity contribution in [2.75, 3.05) is 68.7 Å². The smallest absolute Gasteiger partial charge is 0.236 e. The molecule has 4 rings (SSSR count). The number of nitrogens with zero attached hydrogens (tertiary/aromatic N) is 4. The molecule has 29 heavy (non-hydrogen) atoms. The number of anilines is 2. The van der Waals surface area contributed by atoms with Crippen LogP contribution in [0.4, 0.5) is 15.8 Å². The molecule has 0 saturated carbocycles. The molecule has 154 valence electrons. The maximum absolute atomic E-state index is 13.1. The van der Waals surface area contributed by atoms with Crippen molar-refractivity contribution >= 4 is 28.9 Å². The van der Waals surface area contributed by atoms with Gasteiger partial charge in [0.15, 0.2) is 0 Å². The molecular weight excluding hydrogens is 391 g/mol. The average molecular weight is 417 g/mol. The number of piperazine rings is 2. The number of benzene rings is 2. The van der Waals surface area contributed by atoms with E-state index in [-0.39, 0.29) is 11.7 Å². The Morgan fingerprint density at radius 2 is 1.45 bits per heavy atom. The highest BCUT2D eigenvalue weighted by atomic mass is 35.5.